The predicted molar refractivity (Wildman–Crippen MR) is 90.3 cm³/mol. The molecule has 2 aromatic carbocycles. The number of aliphatic hydroxyl groups is 1. The molecule has 1 aliphatic rings. The zero-order valence-electron chi connectivity index (χ0n) is 13.6. The number of nitrogens with zero attached hydrogens (tertiary/aromatic N) is 1. The van der Waals surface area contributed by atoms with Crippen LogP contribution in [0.5, 0.6) is 11.5 Å². The van der Waals surface area contributed by atoms with E-state index in [1.54, 1.807) is 36.3 Å². The van der Waals surface area contributed by atoms with Gasteiger partial charge >= 0.3 is 0 Å². The molecule has 0 unspecified atom stereocenters. The van der Waals surface area contributed by atoms with Gasteiger partial charge in [0.2, 0.25) is 0 Å². The number of hydrogen-bond donors (Lipinski definition) is 1. The molecule has 1 heterocycles. The van der Waals surface area contributed by atoms with Crippen LogP contribution in [0.4, 0.5) is 0 Å². The van der Waals surface area contributed by atoms with E-state index in [-0.39, 0.29) is 24.7 Å². The van der Waals surface area contributed by atoms with Crippen molar-refractivity contribution in [3.05, 3.63) is 60.2 Å². The molecule has 0 spiro atoms. The Morgan fingerprint density at radius 1 is 1.12 bits per heavy atom. The number of ether oxygens (including phenoxy) is 2. The monoisotopic (exact) mass is 327 g/mol. The number of methoxy groups -OCH3 is 1. The normalized spacial score (nSPS) is 20.2. The van der Waals surface area contributed by atoms with Crippen molar-refractivity contribution < 1.29 is 19.4 Å². The van der Waals surface area contributed by atoms with E-state index in [9.17, 15) is 9.90 Å². The molecular weight excluding hydrogens is 306 g/mol. The summed E-state index contributed by atoms with van der Waals surface area (Å²) in [5, 5.41) is 9.48. The Kier molecular flexibility index (Phi) is 5.13. The van der Waals surface area contributed by atoms with E-state index < -0.39 is 0 Å². The number of rotatable bonds is 5. The van der Waals surface area contributed by atoms with E-state index in [0.717, 1.165) is 5.75 Å². The Labute approximate surface area is 141 Å². The van der Waals surface area contributed by atoms with E-state index in [0.29, 0.717) is 24.3 Å². The lowest BCUT2D eigenvalue weighted by Crippen LogP contribution is -2.38. The highest BCUT2D eigenvalue weighted by atomic mass is 16.5. The second-order valence-electron chi connectivity index (χ2n) is 5.83. The van der Waals surface area contributed by atoms with E-state index in [2.05, 4.69) is 0 Å². The molecule has 126 valence electrons. The van der Waals surface area contributed by atoms with Gasteiger partial charge in [-0.05, 0) is 42.8 Å². The summed E-state index contributed by atoms with van der Waals surface area (Å²) in [6, 6.07) is 16.3. The number of carbonyl (C=O) groups excluding carboxylic acids is 1. The van der Waals surface area contributed by atoms with E-state index in [4.69, 9.17) is 9.47 Å². The fraction of sp³-hybridized carbons (Fsp3) is 0.316. The van der Waals surface area contributed by atoms with Crippen LogP contribution in [-0.4, -0.2) is 48.3 Å². The fourth-order valence-corrected chi connectivity index (χ4v) is 2.92. The van der Waals surface area contributed by atoms with E-state index >= 15 is 0 Å². The maximum Gasteiger partial charge on any atom is 0.254 e. The smallest absolute Gasteiger partial charge is 0.254 e. The minimum Gasteiger partial charge on any atom is -0.457 e. The molecule has 1 aliphatic heterocycles. The number of likely N-dealkylation sites (tertiary alicyclic amines) is 1. The Hall–Kier alpha value is -2.37. The zero-order chi connectivity index (χ0) is 16.9. The Morgan fingerprint density at radius 2 is 1.79 bits per heavy atom. The maximum absolute atomic E-state index is 12.7. The lowest BCUT2D eigenvalue weighted by molar-refractivity contribution is 0.0648. The molecule has 0 aromatic heterocycles. The first-order valence-electron chi connectivity index (χ1n) is 7.99. The summed E-state index contributed by atoms with van der Waals surface area (Å²) in [5.41, 5.74) is 0.575. The summed E-state index contributed by atoms with van der Waals surface area (Å²) in [6.45, 7) is 0.448. The molecule has 3 rings (SSSR count). The SMILES string of the molecule is CO[C@H]1C[C@@H](CO)N(C(=O)c2ccc(Oc3ccccc3)cc2)C1. The average molecular weight is 327 g/mol. The summed E-state index contributed by atoms with van der Waals surface area (Å²) in [5.74, 6) is 1.33. The summed E-state index contributed by atoms with van der Waals surface area (Å²) in [6.07, 6.45) is 0.639. The topological polar surface area (TPSA) is 59.0 Å². The predicted octanol–water partition coefficient (Wildman–Crippen LogP) is 2.70. The number of carbonyl (C=O) groups is 1. The van der Waals surface area contributed by atoms with Crippen molar-refractivity contribution in [1.29, 1.82) is 0 Å². The molecule has 0 bridgehead atoms. The van der Waals surface area contributed by atoms with E-state index in [1.165, 1.54) is 0 Å². The number of amides is 1. The Bertz CT molecular complexity index is 672. The molecule has 5 nitrogen and oxygen atoms in total. The lowest BCUT2D eigenvalue weighted by Gasteiger charge is -2.22. The van der Waals surface area contributed by atoms with Gasteiger partial charge in [-0.1, -0.05) is 18.2 Å². The highest BCUT2D eigenvalue weighted by Crippen LogP contribution is 2.25. The molecule has 24 heavy (non-hydrogen) atoms. The van der Waals surface area contributed by atoms with Crippen LogP contribution in [-0.2, 0) is 4.74 Å². The summed E-state index contributed by atoms with van der Waals surface area (Å²) in [4.78, 5) is 14.3. The molecule has 0 radical (unpaired) electrons. The van der Waals surface area contributed by atoms with Crippen LogP contribution in [0.3, 0.4) is 0 Å². The summed E-state index contributed by atoms with van der Waals surface area (Å²) in [7, 11) is 1.63. The molecular formula is C19H21NO4. The Morgan fingerprint density at radius 3 is 2.42 bits per heavy atom. The van der Waals surface area contributed by atoms with Gasteiger partial charge in [0.25, 0.3) is 5.91 Å². The van der Waals surface area contributed by atoms with Gasteiger partial charge in [0, 0.05) is 19.2 Å². The van der Waals surface area contributed by atoms with Gasteiger partial charge < -0.3 is 19.5 Å². The van der Waals surface area contributed by atoms with Gasteiger partial charge in [-0.25, -0.2) is 0 Å². The molecule has 1 N–H and O–H groups in total. The van der Waals surface area contributed by atoms with Crippen LogP contribution in [0.2, 0.25) is 0 Å². The van der Waals surface area contributed by atoms with Gasteiger partial charge in [0.05, 0.1) is 18.8 Å². The standard InChI is InChI=1S/C19H21NO4/c1-23-18-11-15(13-21)20(12-18)19(22)14-7-9-17(10-8-14)24-16-5-3-2-4-6-16/h2-10,15,18,21H,11-13H2,1H3/t15-,18-/m0/s1. The third kappa shape index (κ3) is 3.58. The van der Waals surface area contributed by atoms with Gasteiger partial charge in [-0.2, -0.15) is 0 Å². The van der Waals surface area contributed by atoms with Crippen LogP contribution < -0.4 is 4.74 Å². The van der Waals surface area contributed by atoms with Gasteiger partial charge in [-0.3, -0.25) is 4.79 Å². The first-order valence-corrected chi connectivity index (χ1v) is 7.99. The second kappa shape index (κ2) is 7.47. The van der Waals surface area contributed by atoms with Crippen molar-refractivity contribution in [2.75, 3.05) is 20.3 Å². The molecule has 2 aromatic rings. The van der Waals surface area contributed by atoms with E-state index in [1.807, 2.05) is 30.3 Å². The second-order valence-corrected chi connectivity index (χ2v) is 5.83. The van der Waals surface area contributed by atoms with Crippen molar-refractivity contribution in [3.63, 3.8) is 0 Å². The third-order valence-corrected chi connectivity index (χ3v) is 4.26. The third-order valence-electron chi connectivity index (χ3n) is 4.26. The van der Waals surface area contributed by atoms with Crippen LogP contribution in [0, 0.1) is 0 Å². The minimum atomic E-state index is -0.192. The summed E-state index contributed by atoms with van der Waals surface area (Å²) >= 11 is 0. The van der Waals surface area contributed by atoms with Crippen molar-refractivity contribution in [2.45, 2.75) is 18.6 Å². The van der Waals surface area contributed by atoms with Crippen LogP contribution in [0.15, 0.2) is 54.6 Å². The van der Waals surface area contributed by atoms with Crippen molar-refractivity contribution in [2.24, 2.45) is 0 Å². The molecule has 1 fully saturated rings. The van der Waals surface area contributed by atoms with Crippen LogP contribution in [0.25, 0.3) is 0 Å². The van der Waals surface area contributed by atoms with Crippen molar-refractivity contribution in [3.8, 4) is 11.5 Å². The maximum atomic E-state index is 12.7. The number of benzene rings is 2. The summed E-state index contributed by atoms with van der Waals surface area (Å²) < 4.78 is 11.1. The van der Waals surface area contributed by atoms with Crippen molar-refractivity contribution in [1.82, 2.24) is 4.90 Å². The zero-order valence-corrected chi connectivity index (χ0v) is 13.6. The van der Waals surface area contributed by atoms with Crippen LogP contribution in [0.1, 0.15) is 16.8 Å². The fourth-order valence-electron chi connectivity index (χ4n) is 2.92. The van der Waals surface area contributed by atoms with Crippen molar-refractivity contribution >= 4 is 5.91 Å². The molecule has 0 aliphatic carbocycles. The molecule has 1 amide bonds. The first-order chi connectivity index (χ1) is 11.7. The molecule has 1 saturated heterocycles. The number of para-hydroxylation sites is 1. The number of aliphatic hydroxyl groups excluding tert-OH is 1. The molecule has 5 heteroatoms. The van der Waals surface area contributed by atoms with Gasteiger partial charge in [0.1, 0.15) is 11.5 Å². The first kappa shape index (κ1) is 16.5. The minimum absolute atomic E-state index is 0.0215. The van der Waals surface area contributed by atoms with Gasteiger partial charge in [0.15, 0.2) is 0 Å². The average Bonchev–Trinajstić information content (AvgIpc) is 3.06. The highest BCUT2D eigenvalue weighted by Gasteiger charge is 2.35. The van der Waals surface area contributed by atoms with Crippen LogP contribution >= 0.6 is 0 Å². The largest absolute Gasteiger partial charge is 0.457 e. The lowest BCUT2D eigenvalue weighted by atomic mass is 10.1. The molecule has 2 atom stereocenters. The quantitative estimate of drug-likeness (QED) is 0.917. The number of hydrogen-bond acceptors (Lipinski definition) is 4. The highest BCUT2D eigenvalue weighted by molar-refractivity contribution is 5.94. The van der Waals surface area contributed by atoms with Gasteiger partial charge in [-0.15, -0.1) is 0 Å². The Balaban J connectivity index is 1.70. The molecule has 0 saturated carbocycles.